The van der Waals surface area contributed by atoms with Gasteiger partial charge >= 0.3 is 0 Å². The molecule has 2 aromatic rings. The van der Waals surface area contributed by atoms with Crippen molar-refractivity contribution >= 4 is 21.4 Å². The van der Waals surface area contributed by atoms with Gasteiger partial charge in [0.2, 0.25) is 0 Å². The van der Waals surface area contributed by atoms with Gasteiger partial charge in [-0.2, -0.15) is 0 Å². The monoisotopic (exact) mass is 399 g/mol. The van der Waals surface area contributed by atoms with Gasteiger partial charge in [-0.1, -0.05) is 11.6 Å². The van der Waals surface area contributed by atoms with Crippen molar-refractivity contribution in [2.75, 3.05) is 19.7 Å². The van der Waals surface area contributed by atoms with E-state index in [4.69, 9.17) is 16.3 Å². The van der Waals surface area contributed by atoms with Crippen molar-refractivity contribution in [3.8, 4) is 5.75 Å². The summed E-state index contributed by atoms with van der Waals surface area (Å²) >= 11 is 5.88. The summed E-state index contributed by atoms with van der Waals surface area (Å²) in [6, 6.07) is 7.67. The third-order valence-electron chi connectivity index (χ3n) is 5.24. The van der Waals surface area contributed by atoms with Crippen molar-refractivity contribution < 1.29 is 21.9 Å². The standard InChI is InChI=1S/C18H16ClF2NO3S/c19-12-1-3-13(4-2-12)26(23,24)18-7-8-22-9-11(18)10-25-17-15(21)6-5-14(20)16(17)18/h1-6,11,22H,7-10H2/t11-,18+/m1/s1. The molecule has 0 bridgehead atoms. The Labute approximate surface area is 155 Å². The molecule has 2 aliphatic rings. The first-order valence-corrected chi connectivity index (χ1v) is 10.1. The van der Waals surface area contributed by atoms with E-state index in [9.17, 15) is 17.2 Å². The Morgan fingerprint density at radius 3 is 2.54 bits per heavy atom. The quantitative estimate of drug-likeness (QED) is 0.842. The molecule has 1 N–H and O–H groups in total. The smallest absolute Gasteiger partial charge is 0.188 e. The van der Waals surface area contributed by atoms with E-state index in [1.165, 1.54) is 24.3 Å². The van der Waals surface area contributed by atoms with Gasteiger partial charge in [-0.15, -0.1) is 0 Å². The second-order valence-electron chi connectivity index (χ2n) is 6.54. The van der Waals surface area contributed by atoms with Crippen LogP contribution in [0.15, 0.2) is 41.3 Å². The number of sulfone groups is 1. The summed E-state index contributed by atoms with van der Waals surface area (Å²) in [5.41, 5.74) is -0.204. The molecule has 4 nitrogen and oxygen atoms in total. The predicted octanol–water partition coefficient (Wildman–Crippen LogP) is 3.29. The zero-order chi connectivity index (χ0) is 18.5. The zero-order valence-corrected chi connectivity index (χ0v) is 15.2. The molecule has 0 aliphatic carbocycles. The molecule has 0 unspecified atom stereocenters. The third-order valence-corrected chi connectivity index (χ3v) is 8.08. The van der Waals surface area contributed by atoms with Crippen LogP contribution in [0, 0.1) is 17.6 Å². The summed E-state index contributed by atoms with van der Waals surface area (Å²) in [5.74, 6) is -2.38. The van der Waals surface area contributed by atoms with Crippen molar-refractivity contribution in [1.82, 2.24) is 5.32 Å². The number of hydrogen-bond acceptors (Lipinski definition) is 4. The summed E-state index contributed by atoms with van der Waals surface area (Å²) in [6.45, 7) is 0.702. The summed E-state index contributed by atoms with van der Waals surface area (Å²) < 4.78 is 60.3. The number of rotatable bonds is 2. The van der Waals surface area contributed by atoms with Gasteiger partial charge in [-0.3, -0.25) is 0 Å². The van der Waals surface area contributed by atoms with Gasteiger partial charge in [0.15, 0.2) is 21.4 Å². The number of benzene rings is 2. The maximum atomic E-state index is 14.8. The average molecular weight is 400 g/mol. The van der Waals surface area contributed by atoms with Crippen molar-refractivity contribution in [2.45, 2.75) is 16.1 Å². The van der Waals surface area contributed by atoms with Crippen LogP contribution in [0.2, 0.25) is 5.02 Å². The minimum absolute atomic E-state index is 0.00675. The first-order chi connectivity index (χ1) is 12.4. The molecular formula is C18H16ClF2NO3S. The van der Waals surface area contributed by atoms with Crippen LogP contribution in [0.1, 0.15) is 12.0 Å². The minimum atomic E-state index is -4.04. The molecule has 0 aromatic heterocycles. The highest BCUT2D eigenvalue weighted by Crippen LogP contribution is 2.53. The highest BCUT2D eigenvalue weighted by molar-refractivity contribution is 7.92. The topological polar surface area (TPSA) is 55.4 Å². The molecule has 0 spiro atoms. The van der Waals surface area contributed by atoms with Gasteiger partial charge < -0.3 is 10.1 Å². The predicted molar refractivity (Wildman–Crippen MR) is 93.1 cm³/mol. The Hall–Kier alpha value is -1.70. The Balaban J connectivity index is 2.02. The van der Waals surface area contributed by atoms with E-state index in [1.807, 2.05) is 0 Å². The van der Waals surface area contributed by atoms with Crippen molar-refractivity contribution in [3.63, 3.8) is 0 Å². The molecule has 8 heteroatoms. The van der Waals surface area contributed by atoms with Crippen molar-refractivity contribution in [2.24, 2.45) is 5.92 Å². The van der Waals surface area contributed by atoms with Crippen LogP contribution in [0.3, 0.4) is 0 Å². The van der Waals surface area contributed by atoms with Gasteiger partial charge in [-0.25, -0.2) is 17.2 Å². The first-order valence-electron chi connectivity index (χ1n) is 8.20. The van der Waals surface area contributed by atoms with Crippen molar-refractivity contribution in [1.29, 1.82) is 0 Å². The summed E-state index contributed by atoms with van der Waals surface area (Å²) in [7, 11) is -4.04. The largest absolute Gasteiger partial charge is 0.490 e. The molecule has 26 heavy (non-hydrogen) atoms. The lowest BCUT2D eigenvalue weighted by atomic mass is 9.78. The van der Waals surface area contributed by atoms with Gasteiger partial charge in [0, 0.05) is 17.5 Å². The minimum Gasteiger partial charge on any atom is -0.490 e. The number of piperidine rings is 1. The summed E-state index contributed by atoms with van der Waals surface area (Å²) in [5, 5.41) is 3.52. The van der Waals surface area contributed by atoms with Crippen LogP contribution in [0.25, 0.3) is 0 Å². The number of nitrogens with one attached hydrogen (secondary N) is 1. The van der Waals surface area contributed by atoms with Crippen LogP contribution >= 0.6 is 11.6 Å². The third kappa shape index (κ3) is 2.37. The first kappa shape index (κ1) is 17.7. The van der Waals surface area contributed by atoms with Crippen LogP contribution in [0.4, 0.5) is 8.78 Å². The molecule has 2 aromatic carbocycles. The van der Waals surface area contributed by atoms with Crippen LogP contribution in [-0.2, 0) is 14.6 Å². The molecular weight excluding hydrogens is 384 g/mol. The number of ether oxygens (including phenoxy) is 1. The second-order valence-corrected chi connectivity index (χ2v) is 9.19. The van der Waals surface area contributed by atoms with E-state index < -0.39 is 32.1 Å². The summed E-state index contributed by atoms with van der Waals surface area (Å²) in [4.78, 5) is 0.0327. The van der Waals surface area contributed by atoms with Crippen LogP contribution < -0.4 is 10.1 Å². The molecule has 138 valence electrons. The Bertz CT molecular complexity index is 965. The molecule has 1 saturated heterocycles. The number of fused-ring (bicyclic) bond motifs is 3. The molecule has 0 amide bonds. The van der Waals surface area contributed by atoms with E-state index in [2.05, 4.69) is 5.32 Å². The Kier molecular flexibility index (Phi) is 4.21. The lowest BCUT2D eigenvalue weighted by molar-refractivity contribution is 0.134. The molecule has 4 rings (SSSR count). The fourth-order valence-corrected chi connectivity index (χ4v) is 6.47. The average Bonchev–Trinajstić information content (AvgIpc) is 2.64. The Morgan fingerprint density at radius 1 is 1.12 bits per heavy atom. The maximum Gasteiger partial charge on any atom is 0.188 e. The van der Waals surface area contributed by atoms with Gasteiger partial charge in [0.05, 0.1) is 17.1 Å². The fourth-order valence-electron chi connectivity index (χ4n) is 4.01. The van der Waals surface area contributed by atoms with Gasteiger partial charge in [0.1, 0.15) is 10.6 Å². The Morgan fingerprint density at radius 2 is 1.81 bits per heavy atom. The molecule has 2 atom stereocenters. The molecule has 0 radical (unpaired) electrons. The number of halogens is 3. The van der Waals surface area contributed by atoms with E-state index >= 15 is 0 Å². The summed E-state index contributed by atoms with van der Waals surface area (Å²) in [6.07, 6.45) is 0.124. The molecule has 2 heterocycles. The molecule has 2 aliphatic heterocycles. The van der Waals surface area contributed by atoms with E-state index in [0.29, 0.717) is 18.1 Å². The van der Waals surface area contributed by atoms with E-state index in [-0.39, 0.29) is 29.2 Å². The lowest BCUT2D eigenvalue weighted by Gasteiger charge is -2.47. The van der Waals surface area contributed by atoms with Crippen molar-refractivity contribution in [3.05, 3.63) is 58.6 Å². The number of hydrogen-bond donors (Lipinski definition) is 1. The highest BCUT2D eigenvalue weighted by Gasteiger charge is 2.58. The SMILES string of the molecule is O=S(=O)(c1ccc(Cl)cc1)[C@@]12CCNC[C@@H]1COc1c(F)ccc(F)c12. The zero-order valence-electron chi connectivity index (χ0n) is 13.6. The second kappa shape index (κ2) is 6.18. The normalized spacial score (nSPS) is 25.1. The highest BCUT2D eigenvalue weighted by atomic mass is 35.5. The van der Waals surface area contributed by atoms with Crippen LogP contribution in [0.5, 0.6) is 5.75 Å². The molecule has 1 fully saturated rings. The van der Waals surface area contributed by atoms with E-state index in [1.54, 1.807) is 0 Å². The van der Waals surface area contributed by atoms with Crippen LogP contribution in [-0.4, -0.2) is 28.1 Å². The lowest BCUT2D eigenvalue weighted by Crippen LogP contribution is -2.57. The maximum absolute atomic E-state index is 14.8. The van der Waals surface area contributed by atoms with Gasteiger partial charge in [-0.05, 0) is 49.4 Å². The fraction of sp³-hybridized carbons (Fsp3) is 0.333. The van der Waals surface area contributed by atoms with Gasteiger partial charge in [0.25, 0.3) is 0 Å². The molecule has 0 saturated carbocycles. The van der Waals surface area contributed by atoms with E-state index in [0.717, 1.165) is 12.1 Å².